The highest BCUT2D eigenvalue weighted by atomic mass is 35.5. The van der Waals surface area contributed by atoms with Crippen LogP contribution in [0.3, 0.4) is 0 Å². The zero-order chi connectivity index (χ0) is 23.4. The zero-order valence-electron chi connectivity index (χ0n) is 18.4. The van der Waals surface area contributed by atoms with Crippen LogP contribution < -0.4 is 4.74 Å². The number of para-hydroxylation sites is 1. The van der Waals surface area contributed by atoms with Gasteiger partial charge < -0.3 is 9.47 Å². The van der Waals surface area contributed by atoms with E-state index in [0.29, 0.717) is 21.9 Å². The van der Waals surface area contributed by atoms with Gasteiger partial charge in [-0.2, -0.15) is 0 Å². The SMILES string of the molecule is COC(=O)C1(CC=C=Cc2cccc(C)c2)C(=O)c2ccccc2OC1c1ccc(Cl)cc1. The molecule has 1 aliphatic heterocycles. The molecule has 0 fully saturated rings. The second-order valence-electron chi connectivity index (χ2n) is 7.97. The average Bonchev–Trinajstić information content (AvgIpc) is 2.83. The molecule has 0 saturated carbocycles. The second kappa shape index (κ2) is 9.50. The minimum Gasteiger partial charge on any atom is -0.483 e. The number of fused-ring (bicyclic) bond motifs is 1. The average molecular weight is 459 g/mol. The molecule has 4 nitrogen and oxygen atoms in total. The maximum atomic E-state index is 13.8. The summed E-state index contributed by atoms with van der Waals surface area (Å²) < 4.78 is 11.4. The minimum atomic E-state index is -1.61. The van der Waals surface area contributed by atoms with Crippen LogP contribution in [0.2, 0.25) is 5.02 Å². The van der Waals surface area contributed by atoms with Crippen molar-refractivity contribution < 1.29 is 19.1 Å². The summed E-state index contributed by atoms with van der Waals surface area (Å²) in [6.07, 6.45) is 2.68. The van der Waals surface area contributed by atoms with Crippen LogP contribution in [0.25, 0.3) is 6.08 Å². The molecule has 1 aliphatic rings. The Hall–Kier alpha value is -3.59. The molecule has 4 rings (SSSR count). The molecule has 33 heavy (non-hydrogen) atoms. The molecule has 0 spiro atoms. The lowest BCUT2D eigenvalue weighted by Crippen LogP contribution is -2.49. The molecule has 0 amide bonds. The minimum absolute atomic E-state index is 0.0580. The Labute approximate surface area is 198 Å². The molecule has 166 valence electrons. The highest BCUT2D eigenvalue weighted by molar-refractivity contribution is 6.30. The van der Waals surface area contributed by atoms with Gasteiger partial charge in [0, 0.05) is 11.4 Å². The van der Waals surface area contributed by atoms with Crippen LogP contribution in [0.5, 0.6) is 5.75 Å². The predicted octanol–water partition coefficient (Wildman–Crippen LogP) is 6.38. The molecule has 2 unspecified atom stereocenters. The zero-order valence-corrected chi connectivity index (χ0v) is 19.1. The van der Waals surface area contributed by atoms with E-state index in [0.717, 1.165) is 11.1 Å². The number of hydrogen-bond acceptors (Lipinski definition) is 4. The van der Waals surface area contributed by atoms with Gasteiger partial charge in [-0.05, 0) is 54.5 Å². The van der Waals surface area contributed by atoms with Crippen LogP contribution >= 0.6 is 11.6 Å². The van der Waals surface area contributed by atoms with Gasteiger partial charge >= 0.3 is 5.97 Å². The van der Waals surface area contributed by atoms with E-state index in [1.807, 2.05) is 37.3 Å². The summed E-state index contributed by atoms with van der Waals surface area (Å²) in [5.74, 6) is -0.568. The second-order valence-corrected chi connectivity index (χ2v) is 8.41. The maximum Gasteiger partial charge on any atom is 0.324 e. The van der Waals surface area contributed by atoms with Crippen molar-refractivity contribution in [1.29, 1.82) is 0 Å². The largest absolute Gasteiger partial charge is 0.483 e. The first kappa shape index (κ1) is 22.6. The van der Waals surface area contributed by atoms with Crippen molar-refractivity contribution in [2.24, 2.45) is 5.41 Å². The van der Waals surface area contributed by atoms with Crippen LogP contribution in [-0.2, 0) is 9.53 Å². The molecule has 0 saturated heterocycles. The van der Waals surface area contributed by atoms with E-state index in [9.17, 15) is 9.59 Å². The monoisotopic (exact) mass is 458 g/mol. The van der Waals surface area contributed by atoms with Gasteiger partial charge in [0.2, 0.25) is 0 Å². The summed E-state index contributed by atoms with van der Waals surface area (Å²) in [6.45, 7) is 2.01. The van der Waals surface area contributed by atoms with Crippen LogP contribution in [0.1, 0.15) is 39.6 Å². The Morgan fingerprint density at radius 3 is 2.61 bits per heavy atom. The van der Waals surface area contributed by atoms with Crippen molar-refractivity contribution in [1.82, 2.24) is 0 Å². The van der Waals surface area contributed by atoms with E-state index in [2.05, 4.69) is 5.73 Å². The number of ether oxygens (including phenoxy) is 2. The van der Waals surface area contributed by atoms with Gasteiger partial charge in [-0.3, -0.25) is 9.59 Å². The van der Waals surface area contributed by atoms with Gasteiger partial charge in [0.05, 0.1) is 12.7 Å². The predicted molar refractivity (Wildman–Crippen MR) is 128 cm³/mol. The number of benzene rings is 3. The van der Waals surface area contributed by atoms with E-state index >= 15 is 0 Å². The Balaban J connectivity index is 1.82. The molecular weight excluding hydrogens is 436 g/mol. The van der Waals surface area contributed by atoms with Crippen molar-refractivity contribution in [3.63, 3.8) is 0 Å². The lowest BCUT2D eigenvalue weighted by Gasteiger charge is -2.40. The van der Waals surface area contributed by atoms with Gasteiger partial charge in [0.15, 0.2) is 11.2 Å². The Morgan fingerprint density at radius 2 is 1.88 bits per heavy atom. The summed E-state index contributed by atoms with van der Waals surface area (Å²) in [7, 11) is 1.28. The fourth-order valence-electron chi connectivity index (χ4n) is 4.13. The molecular formula is C28H23ClO4. The summed E-state index contributed by atoms with van der Waals surface area (Å²) in [5.41, 5.74) is 4.63. The van der Waals surface area contributed by atoms with Crippen LogP contribution in [0.15, 0.2) is 84.6 Å². The number of ketones is 1. The lowest BCUT2D eigenvalue weighted by atomic mass is 9.69. The normalized spacial score (nSPS) is 19.0. The van der Waals surface area contributed by atoms with Crippen molar-refractivity contribution in [2.45, 2.75) is 19.4 Å². The fraction of sp³-hybridized carbons (Fsp3) is 0.179. The quantitative estimate of drug-likeness (QED) is 0.253. The van der Waals surface area contributed by atoms with E-state index < -0.39 is 17.5 Å². The highest BCUT2D eigenvalue weighted by Crippen LogP contribution is 2.49. The summed E-state index contributed by atoms with van der Waals surface area (Å²) in [4.78, 5) is 27.1. The van der Waals surface area contributed by atoms with E-state index in [-0.39, 0.29) is 12.2 Å². The van der Waals surface area contributed by atoms with Crippen molar-refractivity contribution in [2.75, 3.05) is 7.11 Å². The van der Waals surface area contributed by atoms with E-state index in [4.69, 9.17) is 21.1 Å². The molecule has 2 atom stereocenters. The van der Waals surface area contributed by atoms with Gasteiger partial charge in [0.25, 0.3) is 0 Å². The molecule has 0 aliphatic carbocycles. The topological polar surface area (TPSA) is 52.6 Å². The Bertz CT molecular complexity index is 1250. The standard InChI is InChI=1S/C28H23ClO4/c1-19-8-7-10-20(18-19)9-5-6-17-28(27(31)32-2)25(30)23-11-3-4-12-24(23)33-26(28)21-13-15-22(29)16-14-21/h3-4,6-16,18,26H,17H2,1-2H3. The number of aryl methyl sites for hydroxylation is 1. The smallest absolute Gasteiger partial charge is 0.324 e. The van der Waals surface area contributed by atoms with Crippen molar-refractivity contribution in [3.05, 3.63) is 112 Å². The number of Topliss-reactive ketones (excluding diaryl/α,β-unsaturated/α-hetero) is 1. The van der Waals surface area contributed by atoms with Crippen LogP contribution in [0.4, 0.5) is 0 Å². The van der Waals surface area contributed by atoms with Crippen molar-refractivity contribution >= 4 is 29.4 Å². The van der Waals surface area contributed by atoms with Gasteiger partial charge in [0.1, 0.15) is 11.9 Å². The number of carbonyl (C=O) groups is 2. The summed E-state index contributed by atoms with van der Waals surface area (Å²) >= 11 is 6.07. The maximum absolute atomic E-state index is 13.8. The van der Waals surface area contributed by atoms with Crippen molar-refractivity contribution in [3.8, 4) is 5.75 Å². The van der Waals surface area contributed by atoms with Gasteiger partial charge in [-0.1, -0.05) is 65.7 Å². The van der Waals surface area contributed by atoms with Crippen LogP contribution in [0, 0.1) is 12.3 Å². The van der Waals surface area contributed by atoms with Gasteiger partial charge in [-0.25, -0.2) is 0 Å². The first-order chi connectivity index (χ1) is 16.0. The molecule has 0 radical (unpaired) electrons. The number of allylic oxidation sites excluding steroid dienone is 1. The van der Waals surface area contributed by atoms with Crippen LogP contribution in [-0.4, -0.2) is 18.9 Å². The lowest BCUT2D eigenvalue weighted by molar-refractivity contribution is -0.155. The third-order valence-corrected chi connectivity index (χ3v) is 6.04. The summed E-state index contributed by atoms with van der Waals surface area (Å²) in [5, 5.41) is 0.547. The van der Waals surface area contributed by atoms with Gasteiger partial charge in [-0.15, -0.1) is 5.73 Å². The number of halogens is 1. The molecule has 5 heteroatoms. The van der Waals surface area contributed by atoms with E-state index in [1.165, 1.54) is 7.11 Å². The molecule has 1 heterocycles. The Kier molecular flexibility index (Phi) is 6.50. The third-order valence-electron chi connectivity index (χ3n) is 5.79. The fourth-order valence-corrected chi connectivity index (χ4v) is 4.26. The number of esters is 1. The molecule has 0 N–H and O–H groups in total. The number of methoxy groups -OCH3 is 1. The first-order valence-corrected chi connectivity index (χ1v) is 11.0. The number of hydrogen-bond donors (Lipinski definition) is 0. The molecule has 3 aromatic rings. The summed E-state index contributed by atoms with van der Waals surface area (Å²) in [6, 6.07) is 21.8. The number of rotatable bonds is 5. The third kappa shape index (κ3) is 4.36. The molecule has 0 bridgehead atoms. The van der Waals surface area contributed by atoms with E-state index in [1.54, 1.807) is 54.6 Å². The Morgan fingerprint density at radius 1 is 1.12 bits per heavy atom. The molecule has 3 aromatic carbocycles. The highest BCUT2D eigenvalue weighted by Gasteiger charge is 2.58. The number of carbonyl (C=O) groups excluding carboxylic acids is 2. The molecule has 0 aromatic heterocycles. The first-order valence-electron chi connectivity index (χ1n) is 10.6.